The van der Waals surface area contributed by atoms with Crippen molar-refractivity contribution in [1.29, 1.82) is 5.26 Å². The van der Waals surface area contributed by atoms with Crippen LogP contribution in [0.1, 0.15) is 40.7 Å². The number of nitriles is 1. The number of carbonyl (C=O) groups is 1. The van der Waals surface area contributed by atoms with Gasteiger partial charge in [0.25, 0.3) is 5.91 Å². The molecule has 1 saturated carbocycles. The van der Waals surface area contributed by atoms with Gasteiger partial charge in [0.05, 0.1) is 12.5 Å². The van der Waals surface area contributed by atoms with E-state index in [0.717, 1.165) is 37.9 Å². The van der Waals surface area contributed by atoms with Gasteiger partial charge in [0, 0.05) is 24.7 Å². The summed E-state index contributed by atoms with van der Waals surface area (Å²) in [5, 5.41) is 12.1. The molecular formula is C16H19N3O. The Labute approximate surface area is 119 Å². The minimum Gasteiger partial charge on any atom is -0.335 e. The lowest BCUT2D eigenvalue weighted by atomic mass is 9.98. The summed E-state index contributed by atoms with van der Waals surface area (Å²) in [6, 6.07) is 8.53. The van der Waals surface area contributed by atoms with Gasteiger partial charge in [-0.25, -0.2) is 0 Å². The van der Waals surface area contributed by atoms with Gasteiger partial charge in [-0.3, -0.25) is 4.79 Å². The highest BCUT2D eigenvalue weighted by atomic mass is 16.2. The van der Waals surface area contributed by atoms with Crippen LogP contribution in [-0.2, 0) is 13.0 Å². The lowest BCUT2D eigenvalue weighted by molar-refractivity contribution is 0.0746. The van der Waals surface area contributed by atoms with Crippen molar-refractivity contribution in [1.82, 2.24) is 10.2 Å². The molecule has 1 aromatic rings. The molecule has 0 aromatic heterocycles. The minimum absolute atomic E-state index is 0.0797. The summed E-state index contributed by atoms with van der Waals surface area (Å²) in [5.74, 6) is 0.0797. The largest absolute Gasteiger partial charge is 0.335 e. The fraction of sp³-hybridized carbons (Fsp3) is 0.500. The molecule has 2 aliphatic rings. The lowest BCUT2D eigenvalue weighted by Crippen LogP contribution is -2.34. The first-order chi connectivity index (χ1) is 9.79. The molecule has 3 rings (SSSR count). The summed E-state index contributed by atoms with van der Waals surface area (Å²) >= 11 is 0. The molecule has 0 saturated heterocycles. The molecule has 0 atom stereocenters. The summed E-state index contributed by atoms with van der Waals surface area (Å²) in [5.41, 5.74) is 3.34. The fourth-order valence-electron chi connectivity index (χ4n) is 2.79. The van der Waals surface area contributed by atoms with E-state index in [9.17, 15) is 4.79 Å². The van der Waals surface area contributed by atoms with Crippen molar-refractivity contribution in [3.8, 4) is 6.07 Å². The van der Waals surface area contributed by atoms with Crippen molar-refractivity contribution >= 4 is 5.91 Å². The van der Waals surface area contributed by atoms with Crippen molar-refractivity contribution in [2.45, 2.75) is 38.3 Å². The molecule has 1 fully saturated rings. The molecule has 1 aliphatic carbocycles. The first-order valence-corrected chi connectivity index (χ1v) is 7.30. The summed E-state index contributed by atoms with van der Waals surface area (Å²) in [7, 11) is 0. The first kappa shape index (κ1) is 13.1. The van der Waals surface area contributed by atoms with Crippen LogP contribution >= 0.6 is 0 Å². The second-order valence-corrected chi connectivity index (χ2v) is 5.55. The van der Waals surface area contributed by atoms with Crippen LogP contribution in [0.25, 0.3) is 0 Å². The maximum atomic E-state index is 12.6. The second kappa shape index (κ2) is 5.64. The Balaban J connectivity index is 1.80. The molecule has 20 heavy (non-hydrogen) atoms. The van der Waals surface area contributed by atoms with Gasteiger partial charge in [0.15, 0.2) is 0 Å². The van der Waals surface area contributed by atoms with Gasteiger partial charge in [-0.1, -0.05) is 6.07 Å². The number of benzene rings is 1. The normalized spacial score (nSPS) is 17.1. The van der Waals surface area contributed by atoms with Crippen molar-refractivity contribution in [3.63, 3.8) is 0 Å². The number of carbonyl (C=O) groups excluding carboxylic acids is 1. The molecule has 1 heterocycles. The number of amides is 1. The van der Waals surface area contributed by atoms with Gasteiger partial charge in [-0.05, 0) is 49.1 Å². The number of nitrogens with one attached hydrogen (secondary N) is 1. The number of hydrogen-bond acceptors (Lipinski definition) is 3. The summed E-state index contributed by atoms with van der Waals surface area (Å²) in [6.07, 6.45) is 3.59. The molecule has 0 unspecified atom stereocenters. The zero-order valence-electron chi connectivity index (χ0n) is 11.6. The van der Waals surface area contributed by atoms with E-state index in [1.807, 2.05) is 17.0 Å². The monoisotopic (exact) mass is 269 g/mol. The van der Waals surface area contributed by atoms with Gasteiger partial charge in [0.1, 0.15) is 0 Å². The zero-order valence-corrected chi connectivity index (χ0v) is 11.6. The molecule has 4 nitrogen and oxygen atoms in total. The van der Waals surface area contributed by atoms with Crippen molar-refractivity contribution in [2.75, 3.05) is 13.1 Å². The molecule has 0 bridgehead atoms. The molecule has 104 valence electrons. The quantitative estimate of drug-likeness (QED) is 0.907. The average molecular weight is 269 g/mol. The first-order valence-electron chi connectivity index (χ1n) is 7.30. The van der Waals surface area contributed by atoms with Crippen LogP contribution < -0.4 is 5.32 Å². The van der Waals surface area contributed by atoms with Crippen LogP contribution in [-0.4, -0.2) is 29.9 Å². The Hall–Kier alpha value is -1.86. The Morgan fingerprint density at radius 3 is 3.00 bits per heavy atom. The minimum atomic E-state index is 0.0797. The van der Waals surface area contributed by atoms with Crippen LogP contribution in [0.5, 0.6) is 0 Å². The number of hydrogen-bond donors (Lipinski definition) is 1. The third-order valence-corrected chi connectivity index (χ3v) is 4.05. The number of rotatable bonds is 4. The molecular weight excluding hydrogens is 250 g/mol. The zero-order chi connectivity index (χ0) is 13.9. The highest BCUT2D eigenvalue weighted by molar-refractivity contribution is 5.95. The molecule has 4 heteroatoms. The van der Waals surface area contributed by atoms with Gasteiger partial charge in [0.2, 0.25) is 0 Å². The maximum absolute atomic E-state index is 12.6. The van der Waals surface area contributed by atoms with Crippen LogP contribution in [0.3, 0.4) is 0 Å². The maximum Gasteiger partial charge on any atom is 0.254 e. The van der Waals surface area contributed by atoms with Crippen molar-refractivity contribution in [2.24, 2.45) is 0 Å². The molecule has 0 spiro atoms. The molecule has 1 aliphatic heterocycles. The summed E-state index contributed by atoms with van der Waals surface area (Å²) in [4.78, 5) is 14.5. The molecule has 1 amide bonds. The van der Waals surface area contributed by atoms with E-state index in [1.54, 1.807) is 0 Å². The second-order valence-electron chi connectivity index (χ2n) is 5.55. The van der Waals surface area contributed by atoms with Gasteiger partial charge in [-0.2, -0.15) is 5.26 Å². The highest BCUT2D eigenvalue weighted by Crippen LogP contribution is 2.29. The van der Waals surface area contributed by atoms with E-state index in [-0.39, 0.29) is 5.91 Å². The van der Waals surface area contributed by atoms with Gasteiger partial charge < -0.3 is 10.2 Å². The Morgan fingerprint density at radius 2 is 2.25 bits per heavy atom. The third-order valence-electron chi connectivity index (χ3n) is 4.05. The van der Waals surface area contributed by atoms with Crippen LogP contribution in [0, 0.1) is 11.3 Å². The van der Waals surface area contributed by atoms with E-state index in [4.69, 9.17) is 5.26 Å². The van der Waals surface area contributed by atoms with Crippen molar-refractivity contribution < 1.29 is 4.79 Å². The third kappa shape index (κ3) is 2.68. The Kier molecular flexibility index (Phi) is 3.70. The Morgan fingerprint density at radius 1 is 1.40 bits per heavy atom. The highest BCUT2D eigenvalue weighted by Gasteiger charge is 2.32. The van der Waals surface area contributed by atoms with E-state index in [2.05, 4.69) is 17.5 Å². The summed E-state index contributed by atoms with van der Waals surface area (Å²) < 4.78 is 0. The average Bonchev–Trinajstić information content (AvgIpc) is 3.32. The SMILES string of the molecule is N#CCCN(C(=O)c1ccc2c(c1)CNCC2)C1CC1. The van der Waals surface area contributed by atoms with Crippen LogP contribution in [0.4, 0.5) is 0 Å². The standard InChI is InChI=1S/C16H19N3O/c17-7-1-9-19(15-4-5-15)16(20)13-3-2-12-6-8-18-11-14(12)10-13/h2-3,10,15,18H,1,4-6,8-9,11H2. The van der Waals surface area contributed by atoms with Gasteiger partial charge in [-0.15, -0.1) is 0 Å². The molecule has 1 N–H and O–H groups in total. The number of fused-ring (bicyclic) bond motifs is 1. The Bertz CT molecular complexity index is 557. The fourth-order valence-corrected chi connectivity index (χ4v) is 2.79. The van der Waals surface area contributed by atoms with Crippen molar-refractivity contribution in [3.05, 3.63) is 34.9 Å². The smallest absolute Gasteiger partial charge is 0.254 e. The van der Waals surface area contributed by atoms with E-state index in [1.165, 1.54) is 11.1 Å². The van der Waals surface area contributed by atoms with E-state index >= 15 is 0 Å². The van der Waals surface area contributed by atoms with E-state index in [0.29, 0.717) is 19.0 Å². The molecule has 0 radical (unpaired) electrons. The molecule has 1 aromatic carbocycles. The van der Waals surface area contributed by atoms with E-state index < -0.39 is 0 Å². The van der Waals surface area contributed by atoms with Crippen LogP contribution in [0.15, 0.2) is 18.2 Å². The topological polar surface area (TPSA) is 56.1 Å². The predicted molar refractivity (Wildman–Crippen MR) is 76.1 cm³/mol. The lowest BCUT2D eigenvalue weighted by Gasteiger charge is -2.23. The summed E-state index contributed by atoms with van der Waals surface area (Å²) in [6.45, 7) is 2.41. The van der Waals surface area contributed by atoms with Gasteiger partial charge >= 0.3 is 0 Å². The number of nitrogens with zero attached hydrogens (tertiary/aromatic N) is 2. The predicted octanol–water partition coefficient (Wildman–Crippen LogP) is 1.85. The van der Waals surface area contributed by atoms with Crippen LogP contribution in [0.2, 0.25) is 0 Å².